The van der Waals surface area contributed by atoms with Crippen LogP contribution in [0.3, 0.4) is 0 Å². The van der Waals surface area contributed by atoms with E-state index in [1.165, 1.54) is 4.70 Å². The minimum Gasteiger partial charge on any atom is -0.454 e. The van der Waals surface area contributed by atoms with Gasteiger partial charge in [0.2, 0.25) is 6.79 Å². The highest BCUT2D eigenvalue weighted by Gasteiger charge is 2.13. The summed E-state index contributed by atoms with van der Waals surface area (Å²) in [5.74, 6) is 1.63. The zero-order chi connectivity index (χ0) is 13.4. The molecule has 4 nitrogen and oxygen atoms in total. The zero-order valence-corrected chi connectivity index (χ0v) is 11.4. The number of fused-ring (bicyclic) bond motifs is 2. The molecule has 3 aromatic rings. The van der Waals surface area contributed by atoms with E-state index in [1.54, 1.807) is 11.3 Å². The molecule has 0 atom stereocenters. The van der Waals surface area contributed by atoms with Crippen LogP contribution in [0.25, 0.3) is 10.2 Å². The van der Waals surface area contributed by atoms with Gasteiger partial charge in [0, 0.05) is 6.54 Å². The van der Waals surface area contributed by atoms with Crippen molar-refractivity contribution in [3.63, 3.8) is 0 Å². The summed E-state index contributed by atoms with van der Waals surface area (Å²) in [5.41, 5.74) is 2.18. The molecule has 0 aliphatic carbocycles. The molecule has 0 bridgehead atoms. The van der Waals surface area contributed by atoms with Crippen molar-refractivity contribution >= 4 is 26.7 Å². The first-order chi connectivity index (χ1) is 9.88. The van der Waals surface area contributed by atoms with Crippen LogP contribution < -0.4 is 14.8 Å². The number of para-hydroxylation sites is 1. The summed E-state index contributed by atoms with van der Waals surface area (Å²) >= 11 is 1.66. The molecule has 0 fully saturated rings. The van der Waals surface area contributed by atoms with Crippen molar-refractivity contribution < 1.29 is 9.47 Å². The number of aromatic nitrogens is 1. The van der Waals surface area contributed by atoms with E-state index < -0.39 is 0 Å². The lowest BCUT2D eigenvalue weighted by Gasteiger charge is -2.04. The van der Waals surface area contributed by atoms with E-state index in [4.69, 9.17) is 9.47 Å². The van der Waals surface area contributed by atoms with E-state index in [0.29, 0.717) is 6.79 Å². The van der Waals surface area contributed by atoms with Gasteiger partial charge in [-0.15, -0.1) is 0 Å². The number of benzene rings is 2. The van der Waals surface area contributed by atoms with Gasteiger partial charge < -0.3 is 14.8 Å². The summed E-state index contributed by atoms with van der Waals surface area (Å²) in [6.45, 7) is 1.03. The fraction of sp³-hybridized carbons (Fsp3) is 0.133. The molecule has 5 heteroatoms. The minimum atomic E-state index is 0.310. The Balaban J connectivity index is 1.52. The third-order valence-electron chi connectivity index (χ3n) is 3.17. The molecule has 20 heavy (non-hydrogen) atoms. The fourth-order valence-corrected chi connectivity index (χ4v) is 3.04. The second-order valence-electron chi connectivity index (χ2n) is 4.53. The number of nitrogens with one attached hydrogen (secondary N) is 1. The molecule has 100 valence electrons. The van der Waals surface area contributed by atoms with Crippen LogP contribution in [0, 0.1) is 0 Å². The predicted molar refractivity (Wildman–Crippen MR) is 79.5 cm³/mol. The van der Waals surface area contributed by atoms with Crippen molar-refractivity contribution in [3.05, 3.63) is 48.0 Å². The maximum atomic E-state index is 5.38. The average molecular weight is 284 g/mol. The molecule has 0 radical (unpaired) electrons. The maximum Gasteiger partial charge on any atom is 0.231 e. The Bertz CT molecular complexity index is 736. The summed E-state index contributed by atoms with van der Waals surface area (Å²) in [6.07, 6.45) is 0. The highest BCUT2D eigenvalue weighted by atomic mass is 32.1. The number of anilines is 1. The Morgan fingerprint density at radius 1 is 1.10 bits per heavy atom. The zero-order valence-electron chi connectivity index (χ0n) is 10.6. The van der Waals surface area contributed by atoms with E-state index >= 15 is 0 Å². The van der Waals surface area contributed by atoms with Gasteiger partial charge in [0.25, 0.3) is 0 Å². The van der Waals surface area contributed by atoms with Crippen molar-refractivity contribution in [2.75, 3.05) is 12.1 Å². The van der Waals surface area contributed by atoms with Gasteiger partial charge >= 0.3 is 0 Å². The Morgan fingerprint density at radius 3 is 2.95 bits per heavy atom. The van der Waals surface area contributed by atoms with Gasteiger partial charge in [-0.2, -0.15) is 0 Å². The second-order valence-corrected chi connectivity index (χ2v) is 5.56. The number of thiazole rings is 1. The molecule has 2 aromatic carbocycles. The minimum absolute atomic E-state index is 0.310. The van der Waals surface area contributed by atoms with Crippen molar-refractivity contribution in [1.82, 2.24) is 4.98 Å². The van der Waals surface area contributed by atoms with Gasteiger partial charge in [-0.3, -0.25) is 0 Å². The van der Waals surface area contributed by atoms with E-state index in [0.717, 1.165) is 34.3 Å². The van der Waals surface area contributed by atoms with Gasteiger partial charge in [-0.1, -0.05) is 29.5 Å². The maximum absolute atomic E-state index is 5.38. The largest absolute Gasteiger partial charge is 0.454 e. The Hall–Kier alpha value is -2.27. The lowest BCUT2D eigenvalue weighted by molar-refractivity contribution is 0.174. The first-order valence-corrected chi connectivity index (χ1v) is 7.18. The molecular weight excluding hydrogens is 272 g/mol. The van der Waals surface area contributed by atoms with Crippen LogP contribution in [-0.2, 0) is 6.54 Å². The van der Waals surface area contributed by atoms with Crippen LogP contribution in [0.4, 0.5) is 5.13 Å². The van der Waals surface area contributed by atoms with Crippen LogP contribution >= 0.6 is 11.3 Å². The number of ether oxygens (including phenoxy) is 2. The number of hydrogen-bond donors (Lipinski definition) is 1. The van der Waals surface area contributed by atoms with Crippen molar-refractivity contribution in [2.45, 2.75) is 6.54 Å². The monoisotopic (exact) mass is 284 g/mol. The summed E-state index contributed by atoms with van der Waals surface area (Å²) < 4.78 is 11.9. The van der Waals surface area contributed by atoms with Crippen LogP contribution in [0.5, 0.6) is 11.5 Å². The SMILES string of the molecule is c1ccc2sc(NCc3ccc4c(c3)OCO4)nc2c1. The number of rotatable bonds is 3. The average Bonchev–Trinajstić information content (AvgIpc) is 3.10. The second kappa shape index (κ2) is 4.68. The van der Waals surface area contributed by atoms with Gasteiger partial charge in [-0.05, 0) is 29.8 Å². The quantitative estimate of drug-likeness (QED) is 0.797. The summed E-state index contributed by atoms with van der Waals surface area (Å²) in [7, 11) is 0. The first-order valence-electron chi connectivity index (χ1n) is 6.36. The Labute approximate surface area is 120 Å². The Kier molecular flexibility index (Phi) is 2.70. The van der Waals surface area contributed by atoms with Gasteiger partial charge in [0.15, 0.2) is 16.6 Å². The van der Waals surface area contributed by atoms with Crippen LogP contribution in [0.1, 0.15) is 5.56 Å². The third kappa shape index (κ3) is 2.06. The highest BCUT2D eigenvalue weighted by Crippen LogP contribution is 2.33. The number of nitrogens with zero attached hydrogens (tertiary/aromatic N) is 1. The van der Waals surface area contributed by atoms with Gasteiger partial charge in [0.1, 0.15) is 0 Å². The van der Waals surface area contributed by atoms with Crippen LogP contribution in [0.15, 0.2) is 42.5 Å². The standard InChI is InChI=1S/C15H12N2O2S/c1-2-4-14-11(3-1)17-15(20-14)16-8-10-5-6-12-13(7-10)19-9-18-12/h1-7H,8-9H2,(H,16,17). The Morgan fingerprint density at radius 2 is 2.00 bits per heavy atom. The molecule has 1 aromatic heterocycles. The molecule has 1 aliphatic heterocycles. The van der Waals surface area contributed by atoms with E-state index in [1.807, 2.05) is 36.4 Å². The normalized spacial score (nSPS) is 12.8. The molecule has 4 rings (SSSR count). The molecule has 0 unspecified atom stereocenters. The van der Waals surface area contributed by atoms with Gasteiger partial charge in [0.05, 0.1) is 10.2 Å². The van der Waals surface area contributed by atoms with Crippen molar-refractivity contribution in [2.24, 2.45) is 0 Å². The molecule has 2 heterocycles. The summed E-state index contributed by atoms with van der Waals surface area (Å²) in [5, 5.41) is 4.29. The van der Waals surface area contributed by atoms with Crippen molar-refractivity contribution in [3.8, 4) is 11.5 Å². The first kappa shape index (κ1) is 11.5. The topological polar surface area (TPSA) is 43.4 Å². The molecule has 0 saturated heterocycles. The third-order valence-corrected chi connectivity index (χ3v) is 4.17. The van der Waals surface area contributed by atoms with E-state index in [2.05, 4.69) is 16.4 Å². The number of hydrogen-bond acceptors (Lipinski definition) is 5. The van der Waals surface area contributed by atoms with Gasteiger partial charge in [-0.25, -0.2) is 4.98 Å². The molecule has 1 aliphatic rings. The molecule has 0 amide bonds. The highest BCUT2D eigenvalue weighted by molar-refractivity contribution is 7.22. The van der Waals surface area contributed by atoms with Crippen LogP contribution in [0.2, 0.25) is 0 Å². The lowest BCUT2D eigenvalue weighted by Crippen LogP contribution is -1.98. The van der Waals surface area contributed by atoms with E-state index in [9.17, 15) is 0 Å². The van der Waals surface area contributed by atoms with E-state index in [-0.39, 0.29) is 0 Å². The molecule has 1 N–H and O–H groups in total. The smallest absolute Gasteiger partial charge is 0.231 e. The molecular formula is C15H12N2O2S. The summed E-state index contributed by atoms with van der Waals surface area (Å²) in [4.78, 5) is 4.55. The molecule has 0 spiro atoms. The molecule has 0 saturated carbocycles. The van der Waals surface area contributed by atoms with Crippen LogP contribution in [-0.4, -0.2) is 11.8 Å². The predicted octanol–water partition coefficient (Wildman–Crippen LogP) is 3.64. The van der Waals surface area contributed by atoms with Crippen molar-refractivity contribution in [1.29, 1.82) is 0 Å². The fourth-order valence-electron chi connectivity index (χ4n) is 2.18. The summed E-state index contributed by atoms with van der Waals surface area (Å²) in [6, 6.07) is 14.1. The lowest BCUT2D eigenvalue weighted by atomic mass is 10.2.